The van der Waals surface area contributed by atoms with Crippen LogP contribution in [0.15, 0.2) is 0 Å². The summed E-state index contributed by atoms with van der Waals surface area (Å²) in [6.45, 7) is 8.39. The minimum atomic E-state index is 0.514. The molecule has 10 heavy (non-hydrogen) atoms. The molecule has 1 saturated heterocycles. The summed E-state index contributed by atoms with van der Waals surface area (Å²) in [5.74, 6) is 0. The second kappa shape index (κ2) is 2.91. The van der Waals surface area contributed by atoms with Gasteiger partial charge in [0, 0.05) is 11.8 Å². The molecule has 1 fully saturated rings. The lowest BCUT2D eigenvalue weighted by Gasteiger charge is -2.31. The maximum atomic E-state index is 2.52. The van der Waals surface area contributed by atoms with Gasteiger partial charge in [-0.15, -0.1) is 0 Å². The Morgan fingerprint density at radius 3 is 2.20 bits per heavy atom. The molecule has 1 aliphatic rings. The third kappa shape index (κ3) is 1.98. The first-order valence-corrected chi connectivity index (χ1v) is 4.44. The molecule has 60 valence electrons. The van der Waals surface area contributed by atoms with E-state index in [4.69, 9.17) is 0 Å². The van der Waals surface area contributed by atoms with Crippen LogP contribution in [0.5, 0.6) is 0 Å². The average molecular weight is 142 g/mol. The first-order valence-electron chi connectivity index (χ1n) is 4.44. The highest BCUT2D eigenvalue weighted by molar-refractivity contribution is 4.73. The number of quaternary nitrogens is 1. The van der Waals surface area contributed by atoms with Crippen LogP contribution in [-0.2, 0) is 0 Å². The normalized spacial score (nSPS) is 28.5. The van der Waals surface area contributed by atoms with E-state index in [0.29, 0.717) is 5.41 Å². The van der Waals surface area contributed by atoms with Gasteiger partial charge in [-0.2, -0.15) is 0 Å². The smallest absolute Gasteiger partial charge is 0.0907 e. The Hall–Kier alpha value is -0.0400. The van der Waals surface area contributed by atoms with Gasteiger partial charge in [0.1, 0.15) is 0 Å². The van der Waals surface area contributed by atoms with E-state index < -0.39 is 0 Å². The number of piperidine rings is 1. The largest absolute Gasteiger partial charge is 0.343 e. The predicted octanol–water partition coefficient (Wildman–Crippen LogP) is 1.15. The molecule has 0 saturated carbocycles. The Morgan fingerprint density at radius 1 is 1.20 bits per heavy atom. The van der Waals surface area contributed by atoms with Gasteiger partial charge in [0.2, 0.25) is 0 Å². The van der Waals surface area contributed by atoms with Crippen molar-refractivity contribution < 1.29 is 5.32 Å². The summed E-state index contributed by atoms with van der Waals surface area (Å²) in [7, 11) is 0. The number of hydrogen-bond donors (Lipinski definition) is 1. The fourth-order valence-corrected chi connectivity index (χ4v) is 1.73. The molecule has 1 heteroatoms. The summed E-state index contributed by atoms with van der Waals surface area (Å²) in [4.78, 5) is 0. The van der Waals surface area contributed by atoms with E-state index in [-0.39, 0.29) is 0 Å². The molecule has 0 spiro atoms. The minimum Gasteiger partial charge on any atom is -0.343 e. The van der Waals surface area contributed by atoms with Crippen molar-refractivity contribution in [2.75, 3.05) is 6.54 Å². The zero-order chi connectivity index (χ0) is 7.61. The number of nitrogens with two attached hydrogens (primary N) is 1. The zero-order valence-corrected chi connectivity index (χ0v) is 7.48. The van der Waals surface area contributed by atoms with Crippen molar-refractivity contribution >= 4 is 0 Å². The summed E-state index contributed by atoms with van der Waals surface area (Å²) < 4.78 is 0. The van der Waals surface area contributed by atoms with E-state index in [9.17, 15) is 0 Å². The summed E-state index contributed by atoms with van der Waals surface area (Å²) in [5.41, 5.74) is 0.514. The van der Waals surface area contributed by atoms with Gasteiger partial charge >= 0.3 is 0 Å². The maximum absolute atomic E-state index is 2.52. The fourth-order valence-electron chi connectivity index (χ4n) is 1.73. The van der Waals surface area contributed by atoms with Crippen molar-refractivity contribution in [2.24, 2.45) is 5.41 Å². The van der Waals surface area contributed by atoms with Crippen LogP contribution in [0.4, 0.5) is 0 Å². The molecule has 0 aromatic heterocycles. The maximum Gasteiger partial charge on any atom is 0.0907 e. The van der Waals surface area contributed by atoms with Gasteiger partial charge in [-0.3, -0.25) is 0 Å². The molecule has 1 heterocycles. The molecule has 0 aliphatic carbocycles. The molecule has 0 unspecified atom stereocenters. The third-order valence-electron chi connectivity index (χ3n) is 2.53. The van der Waals surface area contributed by atoms with Gasteiger partial charge in [-0.25, -0.2) is 0 Å². The minimum absolute atomic E-state index is 0.514. The first kappa shape index (κ1) is 8.06. The van der Waals surface area contributed by atoms with Crippen LogP contribution >= 0.6 is 0 Å². The molecule has 1 rings (SSSR count). The zero-order valence-electron chi connectivity index (χ0n) is 7.48. The van der Waals surface area contributed by atoms with Crippen LogP contribution in [0.1, 0.15) is 40.0 Å². The van der Waals surface area contributed by atoms with Gasteiger partial charge in [-0.05, 0) is 12.8 Å². The molecule has 1 nitrogen and oxygen atoms in total. The topological polar surface area (TPSA) is 16.6 Å². The SMILES string of the molecule is CC(C)(C)[C@@H]1CCCC[NH2+]1. The average Bonchev–Trinajstić information content (AvgIpc) is 1.88. The Morgan fingerprint density at radius 2 is 1.90 bits per heavy atom. The highest BCUT2D eigenvalue weighted by atomic mass is 14.9. The van der Waals surface area contributed by atoms with Gasteiger partial charge in [0.15, 0.2) is 0 Å². The van der Waals surface area contributed by atoms with E-state index in [1.54, 1.807) is 0 Å². The van der Waals surface area contributed by atoms with E-state index >= 15 is 0 Å². The molecule has 0 amide bonds. The van der Waals surface area contributed by atoms with Gasteiger partial charge in [0.05, 0.1) is 12.6 Å². The lowest BCUT2D eigenvalue weighted by molar-refractivity contribution is -0.709. The van der Waals surface area contributed by atoms with Crippen LogP contribution in [0.2, 0.25) is 0 Å². The molecule has 1 aliphatic heterocycles. The highest BCUT2D eigenvalue weighted by Crippen LogP contribution is 2.21. The van der Waals surface area contributed by atoms with Crippen molar-refractivity contribution in [2.45, 2.75) is 46.1 Å². The first-order chi connectivity index (χ1) is 4.61. The molecule has 2 N–H and O–H groups in total. The molecule has 0 aromatic carbocycles. The Labute approximate surface area is 64.2 Å². The Kier molecular flexibility index (Phi) is 2.35. The van der Waals surface area contributed by atoms with E-state index in [1.165, 1.54) is 25.8 Å². The van der Waals surface area contributed by atoms with Crippen LogP contribution in [0, 0.1) is 5.41 Å². The summed E-state index contributed by atoms with van der Waals surface area (Å²) in [6.07, 6.45) is 4.29. The van der Waals surface area contributed by atoms with E-state index in [1.807, 2.05) is 0 Å². The third-order valence-corrected chi connectivity index (χ3v) is 2.53. The molecule has 0 radical (unpaired) electrons. The van der Waals surface area contributed by atoms with Crippen LogP contribution in [0.3, 0.4) is 0 Å². The van der Waals surface area contributed by atoms with Crippen LogP contribution in [-0.4, -0.2) is 12.6 Å². The summed E-state index contributed by atoms with van der Waals surface area (Å²) in [5, 5.41) is 2.52. The standard InChI is InChI=1S/C9H19N/c1-9(2,3)8-6-4-5-7-10-8/h8,10H,4-7H2,1-3H3/p+1/t8-/m0/s1. The summed E-state index contributed by atoms with van der Waals surface area (Å²) in [6, 6.07) is 0.876. The Bertz CT molecular complexity index is 95.8. The highest BCUT2D eigenvalue weighted by Gasteiger charge is 2.28. The summed E-state index contributed by atoms with van der Waals surface area (Å²) >= 11 is 0. The molecule has 0 aromatic rings. The van der Waals surface area contributed by atoms with Crippen LogP contribution in [0.25, 0.3) is 0 Å². The van der Waals surface area contributed by atoms with Crippen molar-refractivity contribution in [3.05, 3.63) is 0 Å². The lowest BCUT2D eigenvalue weighted by Crippen LogP contribution is -2.93. The quantitative estimate of drug-likeness (QED) is 0.522. The van der Waals surface area contributed by atoms with E-state index in [0.717, 1.165) is 6.04 Å². The lowest BCUT2D eigenvalue weighted by atomic mass is 9.82. The van der Waals surface area contributed by atoms with Crippen molar-refractivity contribution in [1.29, 1.82) is 0 Å². The molecular weight excluding hydrogens is 122 g/mol. The van der Waals surface area contributed by atoms with Crippen molar-refractivity contribution in [3.63, 3.8) is 0 Å². The van der Waals surface area contributed by atoms with Gasteiger partial charge in [-0.1, -0.05) is 20.8 Å². The van der Waals surface area contributed by atoms with Gasteiger partial charge in [0.25, 0.3) is 0 Å². The predicted molar refractivity (Wildman–Crippen MR) is 43.9 cm³/mol. The molecule has 1 atom stereocenters. The molecular formula is C9H20N+. The monoisotopic (exact) mass is 142 g/mol. The van der Waals surface area contributed by atoms with Gasteiger partial charge < -0.3 is 5.32 Å². The van der Waals surface area contributed by atoms with Crippen molar-refractivity contribution in [3.8, 4) is 0 Å². The van der Waals surface area contributed by atoms with E-state index in [2.05, 4.69) is 26.1 Å². The van der Waals surface area contributed by atoms with Crippen LogP contribution < -0.4 is 5.32 Å². The fraction of sp³-hybridized carbons (Fsp3) is 1.00. The second-order valence-corrected chi connectivity index (χ2v) is 4.49. The Balaban J connectivity index is 2.39. The van der Waals surface area contributed by atoms with Crippen molar-refractivity contribution in [1.82, 2.24) is 0 Å². The second-order valence-electron chi connectivity index (χ2n) is 4.49. The number of rotatable bonds is 0. The number of hydrogen-bond acceptors (Lipinski definition) is 0. The molecule has 0 bridgehead atoms.